The minimum atomic E-state index is -0.180. The highest BCUT2D eigenvalue weighted by atomic mass is 15.1. The van der Waals surface area contributed by atoms with Gasteiger partial charge in [0.25, 0.3) is 0 Å². The lowest BCUT2D eigenvalue weighted by Crippen LogP contribution is -2.20. The third-order valence-electron chi connectivity index (χ3n) is 9.68. The van der Waals surface area contributed by atoms with E-state index >= 15 is 0 Å². The van der Waals surface area contributed by atoms with Gasteiger partial charge >= 0.3 is 0 Å². The quantitative estimate of drug-likeness (QED) is 0.143. The van der Waals surface area contributed by atoms with Gasteiger partial charge in [-0.05, 0) is 93.3 Å². The molecule has 49 heavy (non-hydrogen) atoms. The molecule has 6 aromatic carbocycles. The number of hydrogen-bond acceptors (Lipinski definition) is 1. The molecular weight excluding hydrogens is 591 g/mol. The molecule has 7 rings (SSSR count). The smallest absolute Gasteiger partial charge is 0.0462 e. The van der Waals surface area contributed by atoms with Gasteiger partial charge in [0.15, 0.2) is 0 Å². The fourth-order valence-electron chi connectivity index (χ4n) is 7.02. The Morgan fingerprint density at radius 2 is 0.939 bits per heavy atom. The first-order chi connectivity index (χ1) is 24.0. The first-order valence-corrected chi connectivity index (χ1v) is 17.4. The second kappa shape index (κ2) is 14.2. The van der Waals surface area contributed by atoms with Crippen molar-refractivity contribution in [3.63, 3.8) is 0 Å². The van der Waals surface area contributed by atoms with Crippen LogP contribution in [-0.4, -0.2) is 0 Å². The van der Waals surface area contributed by atoms with Crippen LogP contribution in [0.25, 0.3) is 22.3 Å². The van der Waals surface area contributed by atoms with Crippen molar-refractivity contribution in [2.45, 2.75) is 27.2 Å². The fraction of sp³-hybridized carbons (Fsp3) is 0.125. The molecule has 1 aliphatic carbocycles. The summed E-state index contributed by atoms with van der Waals surface area (Å²) < 4.78 is 0. The second-order valence-corrected chi connectivity index (χ2v) is 13.4. The van der Waals surface area contributed by atoms with E-state index in [1.165, 1.54) is 44.5 Å². The number of nitrogens with zero attached hydrogens (tertiary/aromatic N) is 1. The zero-order valence-corrected chi connectivity index (χ0v) is 28.6. The van der Waals surface area contributed by atoms with Gasteiger partial charge in [-0.2, -0.15) is 0 Å². The maximum absolute atomic E-state index is 2.45. The summed E-state index contributed by atoms with van der Waals surface area (Å²) in [5.41, 5.74) is 13.4. The van der Waals surface area contributed by atoms with Gasteiger partial charge < -0.3 is 4.90 Å². The average Bonchev–Trinajstić information content (AvgIpc) is 3.16. The maximum atomic E-state index is 2.45. The Bertz CT molecular complexity index is 1990. The molecule has 0 spiro atoms. The van der Waals surface area contributed by atoms with E-state index in [-0.39, 0.29) is 5.41 Å². The van der Waals surface area contributed by atoms with Crippen molar-refractivity contribution in [3.05, 3.63) is 210 Å². The maximum Gasteiger partial charge on any atom is 0.0462 e. The Kier molecular flexibility index (Phi) is 9.26. The highest BCUT2D eigenvalue weighted by Gasteiger charge is 2.32. The van der Waals surface area contributed by atoms with Crippen molar-refractivity contribution in [3.8, 4) is 11.1 Å². The molecule has 0 saturated heterocycles. The molecule has 0 heterocycles. The van der Waals surface area contributed by atoms with Crippen molar-refractivity contribution in [1.29, 1.82) is 0 Å². The van der Waals surface area contributed by atoms with Crippen molar-refractivity contribution in [2.75, 3.05) is 4.90 Å². The number of hydrogen-bond donors (Lipinski definition) is 0. The molecule has 0 aromatic heterocycles. The third kappa shape index (κ3) is 6.84. The fourth-order valence-corrected chi connectivity index (χ4v) is 7.02. The van der Waals surface area contributed by atoms with Gasteiger partial charge in [-0.25, -0.2) is 0 Å². The van der Waals surface area contributed by atoms with Gasteiger partial charge in [-0.1, -0.05) is 172 Å². The Balaban J connectivity index is 1.30. The standard InChI is InChI=1S/C48H43N/c1-36(2)37-32-34-48(3,35-33-37)47(46(40-16-8-4-9-17-40)41-18-10-5-11-19-41)42-26-24-38(25-27-42)39-28-30-45(31-29-39)49(43-20-12-6-13-21-43)44-22-14-7-15-23-44/h4-34,36H,35H2,1-3H3. The Labute approximate surface area is 292 Å². The molecule has 6 aromatic rings. The Hall–Kier alpha value is -5.66. The van der Waals surface area contributed by atoms with Crippen molar-refractivity contribution < 1.29 is 0 Å². The van der Waals surface area contributed by atoms with Gasteiger partial charge in [-0.3, -0.25) is 0 Å². The zero-order chi connectivity index (χ0) is 33.6. The molecule has 0 bridgehead atoms. The van der Waals surface area contributed by atoms with Crippen LogP contribution >= 0.6 is 0 Å². The van der Waals surface area contributed by atoms with Gasteiger partial charge in [-0.15, -0.1) is 0 Å². The van der Waals surface area contributed by atoms with E-state index in [1.54, 1.807) is 0 Å². The van der Waals surface area contributed by atoms with E-state index in [0.29, 0.717) is 5.92 Å². The minimum Gasteiger partial charge on any atom is -0.311 e. The number of rotatable bonds is 9. The van der Waals surface area contributed by atoms with E-state index in [0.717, 1.165) is 23.5 Å². The average molecular weight is 634 g/mol. The van der Waals surface area contributed by atoms with Crippen LogP contribution in [0.15, 0.2) is 194 Å². The minimum absolute atomic E-state index is 0.180. The molecule has 1 atom stereocenters. The van der Waals surface area contributed by atoms with Crippen LogP contribution in [0.1, 0.15) is 43.9 Å². The zero-order valence-electron chi connectivity index (χ0n) is 28.6. The lowest BCUT2D eigenvalue weighted by atomic mass is 9.69. The van der Waals surface area contributed by atoms with Crippen LogP contribution in [0.3, 0.4) is 0 Å². The van der Waals surface area contributed by atoms with E-state index in [2.05, 4.69) is 214 Å². The summed E-state index contributed by atoms with van der Waals surface area (Å²) in [5, 5.41) is 0. The molecule has 1 nitrogen and oxygen atoms in total. The van der Waals surface area contributed by atoms with Crippen LogP contribution in [0.5, 0.6) is 0 Å². The first kappa shape index (κ1) is 31.9. The van der Waals surface area contributed by atoms with Crippen molar-refractivity contribution in [1.82, 2.24) is 0 Å². The molecule has 240 valence electrons. The number of allylic oxidation sites excluding steroid dienone is 5. The van der Waals surface area contributed by atoms with Gasteiger partial charge in [0.2, 0.25) is 0 Å². The van der Waals surface area contributed by atoms with E-state index in [9.17, 15) is 0 Å². The number of benzene rings is 6. The van der Waals surface area contributed by atoms with Crippen LogP contribution in [-0.2, 0) is 0 Å². The molecule has 0 aliphatic heterocycles. The van der Waals surface area contributed by atoms with E-state index in [4.69, 9.17) is 0 Å². The number of para-hydroxylation sites is 2. The first-order valence-electron chi connectivity index (χ1n) is 17.4. The summed E-state index contributed by atoms with van der Waals surface area (Å²) in [6.45, 7) is 6.96. The SMILES string of the molecule is CC(C)C1=CCC(C)(C(=C(c2ccccc2)c2ccccc2)c2ccc(-c3ccc(N(c4ccccc4)c4ccccc4)cc3)cc2)C=C1. The van der Waals surface area contributed by atoms with E-state index in [1.807, 2.05) is 0 Å². The molecule has 1 aliphatic rings. The molecular formula is C48H43N. The molecule has 1 unspecified atom stereocenters. The van der Waals surface area contributed by atoms with Crippen molar-refractivity contribution in [2.24, 2.45) is 11.3 Å². The van der Waals surface area contributed by atoms with E-state index < -0.39 is 0 Å². The van der Waals surface area contributed by atoms with Crippen LogP contribution in [0, 0.1) is 11.3 Å². The van der Waals surface area contributed by atoms with Crippen LogP contribution in [0.4, 0.5) is 17.1 Å². The summed E-state index contributed by atoms with van der Waals surface area (Å²) in [7, 11) is 0. The number of anilines is 3. The van der Waals surface area contributed by atoms with Crippen LogP contribution in [0.2, 0.25) is 0 Å². The summed E-state index contributed by atoms with van der Waals surface area (Å²) in [6.07, 6.45) is 8.20. The summed E-state index contributed by atoms with van der Waals surface area (Å²) in [4.78, 5) is 2.30. The summed E-state index contributed by atoms with van der Waals surface area (Å²) >= 11 is 0. The molecule has 0 radical (unpaired) electrons. The summed E-state index contributed by atoms with van der Waals surface area (Å²) in [6, 6.07) is 61.1. The van der Waals surface area contributed by atoms with Gasteiger partial charge in [0.1, 0.15) is 0 Å². The lowest BCUT2D eigenvalue weighted by Gasteiger charge is -2.35. The molecule has 0 fully saturated rings. The highest BCUT2D eigenvalue weighted by Crippen LogP contribution is 2.49. The predicted octanol–water partition coefficient (Wildman–Crippen LogP) is 13.3. The highest BCUT2D eigenvalue weighted by molar-refractivity contribution is 6.01. The second-order valence-electron chi connectivity index (χ2n) is 13.4. The lowest BCUT2D eigenvalue weighted by molar-refractivity contribution is 0.567. The largest absolute Gasteiger partial charge is 0.311 e. The summed E-state index contributed by atoms with van der Waals surface area (Å²) in [5.74, 6) is 0.508. The predicted molar refractivity (Wildman–Crippen MR) is 210 cm³/mol. The van der Waals surface area contributed by atoms with Crippen LogP contribution < -0.4 is 4.90 Å². The van der Waals surface area contributed by atoms with Crippen molar-refractivity contribution >= 4 is 28.2 Å². The normalized spacial score (nSPS) is 15.5. The Morgan fingerprint density at radius 1 is 0.510 bits per heavy atom. The Morgan fingerprint density at radius 3 is 1.37 bits per heavy atom. The topological polar surface area (TPSA) is 3.24 Å². The van der Waals surface area contributed by atoms with Gasteiger partial charge in [0.05, 0.1) is 0 Å². The monoisotopic (exact) mass is 633 g/mol. The van der Waals surface area contributed by atoms with Gasteiger partial charge in [0, 0.05) is 22.5 Å². The third-order valence-corrected chi connectivity index (χ3v) is 9.68. The molecule has 0 N–H and O–H groups in total. The molecule has 1 heteroatoms. The molecule has 0 saturated carbocycles. The molecule has 0 amide bonds.